The van der Waals surface area contributed by atoms with Crippen LogP contribution in [0, 0.1) is 0 Å². The Kier molecular flexibility index (Phi) is 3.55. The molecule has 0 amide bonds. The molecule has 0 radical (unpaired) electrons. The summed E-state index contributed by atoms with van der Waals surface area (Å²) in [6.07, 6.45) is 0.803. The molecule has 0 aromatic heterocycles. The van der Waals surface area contributed by atoms with Crippen LogP contribution in [0.25, 0.3) is 0 Å². The summed E-state index contributed by atoms with van der Waals surface area (Å²) < 4.78 is 30.5. The fraction of sp³-hybridized carbons (Fsp3) is 1.00. The summed E-state index contributed by atoms with van der Waals surface area (Å²) in [6.45, 7) is 5.98. The molecule has 0 bridgehead atoms. The molecule has 1 heterocycles. The molecule has 2 atom stereocenters. The number of hydrogen-bond donors (Lipinski definition) is 0. The van der Waals surface area contributed by atoms with Crippen LogP contribution in [0.1, 0.15) is 27.2 Å². The Morgan fingerprint density at radius 3 is 2.36 bits per heavy atom. The van der Waals surface area contributed by atoms with Gasteiger partial charge in [-0.15, -0.1) is 0 Å². The van der Waals surface area contributed by atoms with E-state index in [1.165, 1.54) is 4.31 Å². The normalized spacial score (nSPS) is 29.0. The van der Waals surface area contributed by atoms with E-state index in [9.17, 15) is 8.42 Å². The summed E-state index contributed by atoms with van der Waals surface area (Å²) in [5.41, 5.74) is 0. The Morgan fingerprint density at radius 1 is 1.43 bits per heavy atom. The average molecular weight is 221 g/mol. The van der Waals surface area contributed by atoms with Crippen LogP contribution in [0.5, 0.6) is 0 Å². The maximum atomic E-state index is 11.8. The van der Waals surface area contributed by atoms with Crippen LogP contribution in [0.15, 0.2) is 0 Å². The Bertz CT molecular complexity index is 286. The molecule has 1 rings (SSSR count). The van der Waals surface area contributed by atoms with E-state index in [-0.39, 0.29) is 17.4 Å². The summed E-state index contributed by atoms with van der Waals surface area (Å²) in [6, 6.07) is 0.00222. The number of ether oxygens (including phenoxy) is 1. The summed E-state index contributed by atoms with van der Waals surface area (Å²) >= 11 is 0. The summed E-state index contributed by atoms with van der Waals surface area (Å²) in [5.74, 6) is 0. The van der Waals surface area contributed by atoms with Gasteiger partial charge in [-0.05, 0) is 27.2 Å². The SMILES string of the molecule is CC1OCCC1N(C)S(=O)(=O)C(C)C. The van der Waals surface area contributed by atoms with Gasteiger partial charge < -0.3 is 4.74 Å². The molecule has 1 fully saturated rings. The quantitative estimate of drug-likeness (QED) is 0.709. The van der Waals surface area contributed by atoms with Crippen LogP contribution >= 0.6 is 0 Å². The summed E-state index contributed by atoms with van der Waals surface area (Å²) in [4.78, 5) is 0. The summed E-state index contributed by atoms with van der Waals surface area (Å²) in [5, 5.41) is -0.361. The monoisotopic (exact) mass is 221 g/mol. The zero-order valence-electron chi connectivity index (χ0n) is 9.23. The molecule has 5 heteroatoms. The predicted octanol–water partition coefficient (Wildman–Crippen LogP) is 0.834. The van der Waals surface area contributed by atoms with Crippen LogP contribution in [-0.4, -0.2) is 43.8 Å². The lowest BCUT2D eigenvalue weighted by Gasteiger charge is -2.27. The topological polar surface area (TPSA) is 46.6 Å². The average Bonchev–Trinajstić information content (AvgIpc) is 2.49. The Morgan fingerprint density at radius 2 is 2.00 bits per heavy atom. The van der Waals surface area contributed by atoms with E-state index in [2.05, 4.69) is 0 Å². The van der Waals surface area contributed by atoms with E-state index in [0.29, 0.717) is 6.61 Å². The third kappa shape index (κ3) is 2.10. The van der Waals surface area contributed by atoms with E-state index in [0.717, 1.165) is 6.42 Å². The van der Waals surface area contributed by atoms with Gasteiger partial charge in [0.2, 0.25) is 10.0 Å². The molecule has 0 saturated carbocycles. The standard InChI is InChI=1S/C9H19NO3S/c1-7(2)14(11,12)10(4)9-5-6-13-8(9)3/h7-9H,5-6H2,1-4H3. The maximum absolute atomic E-state index is 11.8. The zero-order valence-corrected chi connectivity index (χ0v) is 10.0. The Balaban J connectivity index is 2.79. The maximum Gasteiger partial charge on any atom is 0.216 e. The van der Waals surface area contributed by atoms with Gasteiger partial charge in [-0.1, -0.05) is 0 Å². The van der Waals surface area contributed by atoms with Gasteiger partial charge in [0.15, 0.2) is 0 Å². The molecule has 1 aliphatic heterocycles. The van der Waals surface area contributed by atoms with Crippen molar-refractivity contribution in [1.82, 2.24) is 4.31 Å². The zero-order chi connectivity index (χ0) is 10.9. The van der Waals surface area contributed by atoms with E-state index in [1.54, 1.807) is 20.9 Å². The fourth-order valence-corrected chi connectivity index (χ4v) is 3.04. The van der Waals surface area contributed by atoms with Crippen molar-refractivity contribution >= 4 is 10.0 Å². The molecule has 1 saturated heterocycles. The lowest BCUT2D eigenvalue weighted by molar-refractivity contribution is 0.102. The molecular weight excluding hydrogens is 202 g/mol. The van der Waals surface area contributed by atoms with Crippen LogP contribution in [-0.2, 0) is 14.8 Å². The van der Waals surface area contributed by atoms with Crippen LogP contribution < -0.4 is 0 Å². The molecular formula is C9H19NO3S. The number of nitrogens with zero attached hydrogens (tertiary/aromatic N) is 1. The highest BCUT2D eigenvalue weighted by Gasteiger charge is 2.35. The van der Waals surface area contributed by atoms with Crippen molar-refractivity contribution in [1.29, 1.82) is 0 Å². The predicted molar refractivity (Wildman–Crippen MR) is 55.6 cm³/mol. The number of rotatable bonds is 3. The molecule has 0 N–H and O–H groups in total. The second-order valence-electron chi connectivity index (χ2n) is 4.04. The third-order valence-corrected chi connectivity index (χ3v) is 5.07. The van der Waals surface area contributed by atoms with Gasteiger partial charge in [0.25, 0.3) is 0 Å². The largest absolute Gasteiger partial charge is 0.377 e. The van der Waals surface area contributed by atoms with Crippen LogP contribution in [0.3, 0.4) is 0 Å². The van der Waals surface area contributed by atoms with Gasteiger partial charge in [-0.25, -0.2) is 8.42 Å². The smallest absolute Gasteiger partial charge is 0.216 e. The molecule has 4 nitrogen and oxygen atoms in total. The van der Waals surface area contributed by atoms with Crippen molar-refractivity contribution in [3.63, 3.8) is 0 Å². The van der Waals surface area contributed by atoms with Crippen molar-refractivity contribution in [2.75, 3.05) is 13.7 Å². The van der Waals surface area contributed by atoms with Gasteiger partial charge in [0.05, 0.1) is 17.4 Å². The lowest BCUT2D eigenvalue weighted by Crippen LogP contribution is -2.43. The molecule has 0 aliphatic carbocycles. The van der Waals surface area contributed by atoms with Gasteiger partial charge in [-0.2, -0.15) is 4.31 Å². The van der Waals surface area contributed by atoms with E-state index in [1.807, 2.05) is 6.92 Å². The first-order valence-corrected chi connectivity index (χ1v) is 6.46. The first-order valence-electron chi connectivity index (χ1n) is 4.96. The third-order valence-electron chi connectivity index (χ3n) is 2.80. The van der Waals surface area contributed by atoms with Crippen LogP contribution in [0.2, 0.25) is 0 Å². The highest BCUT2D eigenvalue weighted by Crippen LogP contribution is 2.22. The van der Waals surface area contributed by atoms with Gasteiger partial charge in [-0.3, -0.25) is 0 Å². The van der Waals surface area contributed by atoms with Crippen molar-refractivity contribution in [2.45, 2.75) is 44.6 Å². The van der Waals surface area contributed by atoms with Gasteiger partial charge in [0, 0.05) is 13.7 Å². The second-order valence-corrected chi connectivity index (χ2v) is 6.59. The minimum atomic E-state index is -3.14. The lowest BCUT2D eigenvalue weighted by atomic mass is 10.2. The number of hydrogen-bond acceptors (Lipinski definition) is 3. The first-order chi connectivity index (χ1) is 6.37. The highest BCUT2D eigenvalue weighted by molar-refractivity contribution is 7.89. The molecule has 84 valence electrons. The molecule has 2 unspecified atom stereocenters. The van der Waals surface area contributed by atoms with E-state index in [4.69, 9.17) is 4.74 Å². The van der Waals surface area contributed by atoms with Crippen LogP contribution in [0.4, 0.5) is 0 Å². The van der Waals surface area contributed by atoms with Crippen molar-refractivity contribution in [3.05, 3.63) is 0 Å². The number of likely N-dealkylation sites (N-methyl/N-ethyl adjacent to an activating group) is 1. The number of sulfonamides is 1. The van der Waals surface area contributed by atoms with Crippen molar-refractivity contribution in [2.24, 2.45) is 0 Å². The van der Waals surface area contributed by atoms with Crippen molar-refractivity contribution < 1.29 is 13.2 Å². The second kappa shape index (κ2) is 4.16. The molecule has 0 spiro atoms. The Hall–Kier alpha value is -0.130. The van der Waals surface area contributed by atoms with E-state index < -0.39 is 10.0 Å². The van der Waals surface area contributed by atoms with Gasteiger partial charge >= 0.3 is 0 Å². The summed E-state index contributed by atoms with van der Waals surface area (Å²) in [7, 11) is -1.50. The highest BCUT2D eigenvalue weighted by atomic mass is 32.2. The molecule has 1 aliphatic rings. The molecule has 0 aromatic rings. The van der Waals surface area contributed by atoms with Gasteiger partial charge in [0.1, 0.15) is 0 Å². The van der Waals surface area contributed by atoms with Crippen molar-refractivity contribution in [3.8, 4) is 0 Å². The fourth-order valence-electron chi connectivity index (χ4n) is 1.72. The molecule has 14 heavy (non-hydrogen) atoms. The van der Waals surface area contributed by atoms with E-state index >= 15 is 0 Å². The Labute approximate surface area is 86.3 Å². The molecule has 0 aromatic carbocycles. The minimum Gasteiger partial charge on any atom is -0.377 e. The minimum absolute atomic E-state index is 0.00222. The first kappa shape index (κ1) is 11.9.